The molecule has 3 rings (SSSR count). The van der Waals surface area contributed by atoms with E-state index in [0.717, 1.165) is 5.56 Å². The Morgan fingerprint density at radius 2 is 2.13 bits per heavy atom. The van der Waals surface area contributed by atoms with Crippen LogP contribution in [0.2, 0.25) is 0 Å². The molecule has 116 valence electrons. The van der Waals surface area contributed by atoms with Crippen LogP contribution < -0.4 is 10.9 Å². The lowest BCUT2D eigenvalue weighted by Crippen LogP contribution is -2.28. The molecule has 2 aromatic heterocycles. The number of amides is 1. The van der Waals surface area contributed by atoms with Crippen molar-refractivity contribution in [3.63, 3.8) is 0 Å². The fourth-order valence-corrected chi connectivity index (χ4v) is 2.18. The largest absolute Gasteiger partial charge is 0.324 e. The van der Waals surface area contributed by atoms with E-state index in [1.54, 1.807) is 31.3 Å². The lowest BCUT2D eigenvalue weighted by atomic mass is 10.2. The second-order valence-electron chi connectivity index (χ2n) is 5.06. The molecule has 0 unspecified atom stereocenters. The first-order valence-electron chi connectivity index (χ1n) is 6.91. The number of aromatic nitrogens is 3. The van der Waals surface area contributed by atoms with E-state index in [4.69, 9.17) is 0 Å². The molecule has 7 heteroatoms. The van der Waals surface area contributed by atoms with Gasteiger partial charge in [0.25, 0.3) is 5.56 Å². The molecule has 0 saturated carbocycles. The Labute approximate surface area is 130 Å². The number of aryl methyl sites for hydroxylation is 1. The number of pyridine rings is 1. The second kappa shape index (κ2) is 5.96. The molecule has 1 aromatic carbocycles. The average molecular weight is 312 g/mol. The van der Waals surface area contributed by atoms with Crippen molar-refractivity contribution in [3.8, 4) is 0 Å². The summed E-state index contributed by atoms with van der Waals surface area (Å²) >= 11 is 0. The molecule has 0 radical (unpaired) electrons. The Kier molecular flexibility index (Phi) is 3.84. The highest BCUT2D eigenvalue weighted by Gasteiger charge is 2.10. The molecule has 2 heterocycles. The number of carbonyl (C=O) groups is 1. The summed E-state index contributed by atoms with van der Waals surface area (Å²) in [6.45, 7) is 1.54. The number of benzene rings is 1. The third kappa shape index (κ3) is 3.08. The van der Waals surface area contributed by atoms with E-state index < -0.39 is 11.7 Å². The summed E-state index contributed by atoms with van der Waals surface area (Å²) in [6.07, 6.45) is 2.81. The predicted octanol–water partition coefficient (Wildman–Crippen LogP) is 1.88. The normalized spacial score (nSPS) is 10.7. The first-order chi connectivity index (χ1) is 11.0. The fraction of sp³-hybridized carbons (Fsp3) is 0.125. The van der Waals surface area contributed by atoms with Crippen LogP contribution in [0.3, 0.4) is 0 Å². The molecule has 1 amide bonds. The van der Waals surface area contributed by atoms with E-state index in [1.807, 2.05) is 0 Å². The summed E-state index contributed by atoms with van der Waals surface area (Å²) in [6, 6.07) is 7.35. The summed E-state index contributed by atoms with van der Waals surface area (Å²) in [4.78, 5) is 32.4. The fourth-order valence-electron chi connectivity index (χ4n) is 2.18. The summed E-state index contributed by atoms with van der Waals surface area (Å²) in [5.74, 6) is -0.882. The standard InChI is InChI=1S/C16H13FN4O2/c1-10-4-5-11(17)7-13(10)20-14(22)8-21-9-19-15-12(16(21)23)3-2-6-18-15/h2-7,9H,8H2,1H3,(H,20,22). The van der Waals surface area contributed by atoms with Gasteiger partial charge in [-0.1, -0.05) is 6.07 Å². The molecule has 0 atom stereocenters. The summed E-state index contributed by atoms with van der Waals surface area (Å²) in [7, 11) is 0. The highest BCUT2D eigenvalue weighted by molar-refractivity contribution is 5.91. The van der Waals surface area contributed by atoms with Gasteiger partial charge in [0, 0.05) is 11.9 Å². The number of fused-ring (bicyclic) bond motifs is 1. The van der Waals surface area contributed by atoms with Crippen molar-refractivity contribution in [2.45, 2.75) is 13.5 Å². The van der Waals surface area contributed by atoms with Crippen molar-refractivity contribution >= 4 is 22.6 Å². The highest BCUT2D eigenvalue weighted by Crippen LogP contribution is 2.15. The number of rotatable bonds is 3. The molecule has 6 nitrogen and oxygen atoms in total. The smallest absolute Gasteiger partial charge is 0.263 e. The van der Waals surface area contributed by atoms with Crippen LogP contribution in [0.4, 0.5) is 10.1 Å². The average Bonchev–Trinajstić information content (AvgIpc) is 2.54. The van der Waals surface area contributed by atoms with Gasteiger partial charge in [0.1, 0.15) is 18.7 Å². The van der Waals surface area contributed by atoms with E-state index in [2.05, 4.69) is 15.3 Å². The van der Waals surface area contributed by atoms with Crippen molar-refractivity contribution in [1.82, 2.24) is 14.5 Å². The molecule has 0 fully saturated rings. The van der Waals surface area contributed by atoms with Crippen molar-refractivity contribution in [3.05, 3.63) is 64.6 Å². The third-order valence-electron chi connectivity index (χ3n) is 3.39. The van der Waals surface area contributed by atoms with Crippen molar-refractivity contribution in [2.24, 2.45) is 0 Å². The van der Waals surface area contributed by atoms with Gasteiger partial charge >= 0.3 is 0 Å². The van der Waals surface area contributed by atoms with Crippen LogP contribution >= 0.6 is 0 Å². The minimum atomic E-state index is -0.443. The molecular formula is C16H13FN4O2. The lowest BCUT2D eigenvalue weighted by molar-refractivity contribution is -0.116. The third-order valence-corrected chi connectivity index (χ3v) is 3.39. The molecule has 1 N–H and O–H groups in total. The van der Waals surface area contributed by atoms with Gasteiger partial charge in [0.05, 0.1) is 5.39 Å². The van der Waals surface area contributed by atoms with Crippen LogP contribution in [0.15, 0.2) is 47.7 Å². The molecule has 0 aliphatic rings. The molecule has 0 aliphatic carbocycles. The van der Waals surface area contributed by atoms with Crippen molar-refractivity contribution in [1.29, 1.82) is 0 Å². The Balaban J connectivity index is 1.84. The van der Waals surface area contributed by atoms with Crippen molar-refractivity contribution < 1.29 is 9.18 Å². The van der Waals surface area contributed by atoms with Gasteiger partial charge in [-0.3, -0.25) is 14.2 Å². The summed E-state index contributed by atoms with van der Waals surface area (Å²) in [5, 5.41) is 2.93. The predicted molar refractivity (Wildman–Crippen MR) is 83.6 cm³/mol. The summed E-state index contributed by atoms with van der Waals surface area (Å²) < 4.78 is 14.4. The van der Waals surface area contributed by atoms with Crippen LogP contribution in [-0.4, -0.2) is 20.4 Å². The van der Waals surface area contributed by atoms with E-state index in [0.29, 0.717) is 16.7 Å². The molecule has 0 spiro atoms. The topological polar surface area (TPSA) is 76.9 Å². The lowest BCUT2D eigenvalue weighted by Gasteiger charge is -2.10. The van der Waals surface area contributed by atoms with Gasteiger partial charge in [-0.2, -0.15) is 0 Å². The van der Waals surface area contributed by atoms with E-state index in [1.165, 1.54) is 23.0 Å². The quantitative estimate of drug-likeness (QED) is 0.801. The number of halogens is 1. The van der Waals surface area contributed by atoms with Gasteiger partial charge in [-0.15, -0.1) is 0 Å². The van der Waals surface area contributed by atoms with Gasteiger partial charge in [-0.05, 0) is 36.8 Å². The van der Waals surface area contributed by atoms with Gasteiger partial charge in [0.15, 0.2) is 5.65 Å². The Morgan fingerprint density at radius 1 is 1.30 bits per heavy atom. The van der Waals surface area contributed by atoms with Gasteiger partial charge in [-0.25, -0.2) is 14.4 Å². The first-order valence-corrected chi connectivity index (χ1v) is 6.91. The number of hydrogen-bond acceptors (Lipinski definition) is 4. The SMILES string of the molecule is Cc1ccc(F)cc1NC(=O)Cn1cnc2ncccc2c1=O. The maximum Gasteiger partial charge on any atom is 0.263 e. The highest BCUT2D eigenvalue weighted by atomic mass is 19.1. The number of carbonyl (C=O) groups excluding carboxylic acids is 1. The minimum Gasteiger partial charge on any atom is -0.324 e. The van der Waals surface area contributed by atoms with Gasteiger partial charge < -0.3 is 5.32 Å². The maximum atomic E-state index is 13.2. The Hall–Kier alpha value is -3.09. The number of nitrogens with zero attached hydrogens (tertiary/aromatic N) is 3. The number of nitrogens with one attached hydrogen (secondary N) is 1. The molecular weight excluding hydrogens is 299 g/mol. The molecule has 0 saturated heterocycles. The van der Waals surface area contributed by atoms with E-state index >= 15 is 0 Å². The van der Waals surface area contributed by atoms with Crippen LogP contribution in [0.5, 0.6) is 0 Å². The molecule has 0 aliphatic heterocycles. The summed E-state index contributed by atoms with van der Waals surface area (Å²) in [5.41, 5.74) is 1.08. The van der Waals surface area contributed by atoms with Crippen LogP contribution in [0.1, 0.15) is 5.56 Å². The van der Waals surface area contributed by atoms with Crippen molar-refractivity contribution in [2.75, 3.05) is 5.32 Å². The number of anilines is 1. The molecule has 0 bridgehead atoms. The van der Waals surface area contributed by atoms with Crippen LogP contribution in [-0.2, 0) is 11.3 Å². The zero-order chi connectivity index (χ0) is 16.4. The number of hydrogen-bond donors (Lipinski definition) is 1. The first kappa shape index (κ1) is 14.8. The Morgan fingerprint density at radius 3 is 2.96 bits per heavy atom. The maximum absolute atomic E-state index is 13.2. The zero-order valence-corrected chi connectivity index (χ0v) is 12.3. The monoisotopic (exact) mass is 312 g/mol. The molecule has 3 aromatic rings. The van der Waals surface area contributed by atoms with Crippen LogP contribution in [0.25, 0.3) is 11.0 Å². The van der Waals surface area contributed by atoms with Gasteiger partial charge in [0.2, 0.25) is 5.91 Å². The van der Waals surface area contributed by atoms with E-state index in [-0.39, 0.29) is 12.1 Å². The zero-order valence-electron chi connectivity index (χ0n) is 12.3. The second-order valence-corrected chi connectivity index (χ2v) is 5.06. The minimum absolute atomic E-state index is 0.216. The Bertz CT molecular complexity index is 952. The molecule has 23 heavy (non-hydrogen) atoms. The van der Waals surface area contributed by atoms with Crippen LogP contribution in [0, 0.1) is 12.7 Å². The van der Waals surface area contributed by atoms with E-state index in [9.17, 15) is 14.0 Å².